The quantitative estimate of drug-likeness (QED) is 0.482. The summed E-state index contributed by atoms with van der Waals surface area (Å²) in [6, 6.07) is 15.6. The zero-order valence-corrected chi connectivity index (χ0v) is 18.0. The van der Waals surface area contributed by atoms with Crippen molar-refractivity contribution in [3.8, 4) is 11.3 Å². The van der Waals surface area contributed by atoms with E-state index in [4.69, 9.17) is 28.2 Å². The second-order valence-electron chi connectivity index (χ2n) is 7.87. The smallest absolute Gasteiger partial charge is 0.131 e. The highest BCUT2D eigenvalue weighted by atomic mass is 35.5. The number of pyridine rings is 1. The molecule has 0 fully saturated rings. The van der Waals surface area contributed by atoms with Crippen molar-refractivity contribution in [3.05, 3.63) is 81.8 Å². The summed E-state index contributed by atoms with van der Waals surface area (Å²) in [7, 11) is 0. The van der Waals surface area contributed by atoms with Crippen molar-refractivity contribution >= 4 is 40.8 Å². The van der Waals surface area contributed by atoms with Gasteiger partial charge in [0.1, 0.15) is 5.82 Å². The molecule has 4 rings (SSSR count). The van der Waals surface area contributed by atoms with Crippen LogP contribution in [0.15, 0.2) is 55.1 Å². The van der Waals surface area contributed by atoms with E-state index in [1.807, 2.05) is 42.5 Å². The van der Waals surface area contributed by atoms with Crippen LogP contribution >= 0.6 is 23.2 Å². The van der Waals surface area contributed by atoms with Gasteiger partial charge in [-0.3, -0.25) is 0 Å². The van der Waals surface area contributed by atoms with Crippen LogP contribution in [-0.4, -0.2) is 11.5 Å². The summed E-state index contributed by atoms with van der Waals surface area (Å²) in [6.45, 7) is 10.4. The van der Waals surface area contributed by atoms with E-state index in [1.54, 1.807) is 0 Å². The molecule has 3 nitrogen and oxygen atoms in total. The highest BCUT2D eigenvalue weighted by Gasteiger charge is 2.29. The summed E-state index contributed by atoms with van der Waals surface area (Å²) in [5.74, 6) is 0.726. The number of fused-ring (bicyclic) bond motifs is 1. The molecule has 0 atom stereocenters. The van der Waals surface area contributed by atoms with Crippen molar-refractivity contribution < 1.29 is 0 Å². The molecule has 1 aromatic heterocycles. The number of aromatic nitrogens is 1. The Morgan fingerprint density at radius 2 is 1.79 bits per heavy atom. The fourth-order valence-corrected chi connectivity index (χ4v) is 4.54. The van der Waals surface area contributed by atoms with Gasteiger partial charge in [-0.2, -0.15) is 0 Å². The van der Waals surface area contributed by atoms with Gasteiger partial charge in [0.15, 0.2) is 0 Å². The average Bonchev–Trinajstić information content (AvgIpc) is 2.68. The molecule has 1 aliphatic rings. The number of hydrogen-bond donors (Lipinski definition) is 2. The lowest BCUT2D eigenvalue weighted by Crippen LogP contribution is -2.39. The molecule has 29 heavy (non-hydrogen) atoms. The minimum Gasteiger partial charge on any atom is -0.340 e. The van der Waals surface area contributed by atoms with Gasteiger partial charge in [-0.05, 0) is 41.5 Å². The van der Waals surface area contributed by atoms with E-state index in [-0.39, 0.29) is 5.41 Å². The maximum Gasteiger partial charge on any atom is 0.131 e. The van der Waals surface area contributed by atoms with Gasteiger partial charge >= 0.3 is 0 Å². The number of halogens is 2. The Bertz CT molecular complexity index is 1070. The Hall–Kier alpha value is -2.33. The van der Waals surface area contributed by atoms with Crippen LogP contribution in [0, 0.1) is 0 Å². The topological polar surface area (TPSA) is 37.0 Å². The summed E-state index contributed by atoms with van der Waals surface area (Å²) >= 11 is 12.7. The van der Waals surface area contributed by atoms with Gasteiger partial charge in [0.2, 0.25) is 0 Å². The van der Waals surface area contributed by atoms with Crippen molar-refractivity contribution in [2.75, 3.05) is 11.9 Å². The molecule has 2 N–H and O–H groups in total. The monoisotopic (exact) mass is 423 g/mol. The van der Waals surface area contributed by atoms with Gasteiger partial charge in [0, 0.05) is 35.3 Å². The Kier molecular flexibility index (Phi) is 5.39. The summed E-state index contributed by atoms with van der Waals surface area (Å²) in [5.41, 5.74) is 6.28. The number of nitrogens with one attached hydrogen (secondary N) is 2. The molecular weight excluding hydrogens is 401 g/mol. The average molecular weight is 424 g/mol. The zero-order chi connectivity index (χ0) is 20.6. The van der Waals surface area contributed by atoms with Crippen molar-refractivity contribution in [3.63, 3.8) is 0 Å². The molecule has 0 saturated carbocycles. The Balaban J connectivity index is 1.73. The Morgan fingerprint density at radius 3 is 2.52 bits per heavy atom. The zero-order valence-electron chi connectivity index (χ0n) is 16.5. The third-order valence-electron chi connectivity index (χ3n) is 5.39. The molecule has 3 aromatic rings. The van der Waals surface area contributed by atoms with E-state index in [1.165, 1.54) is 11.1 Å². The normalized spacial score (nSPS) is 14.9. The number of rotatable bonds is 4. The molecule has 0 bridgehead atoms. The highest BCUT2D eigenvalue weighted by Crippen LogP contribution is 2.37. The summed E-state index contributed by atoms with van der Waals surface area (Å²) in [5, 5.41) is 8.13. The van der Waals surface area contributed by atoms with Crippen LogP contribution in [0.3, 0.4) is 0 Å². The second kappa shape index (κ2) is 7.83. The first kappa shape index (κ1) is 20.0. The van der Waals surface area contributed by atoms with Crippen molar-refractivity contribution in [2.45, 2.75) is 25.8 Å². The van der Waals surface area contributed by atoms with E-state index in [2.05, 4.69) is 43.2 Å². The first-order chi connectivity index (χ1) is 13.9. The van der Waals surface area contributed by atoms with Crippen LogP contribution in [0.2, 0.25) is 10.0 Å². The molecule has 0 unspecified atom stereocenters. The van der Waals surface area contributed by atoms with Crippen molar-refractivity contribution in [1.82, 2.24) is 10.3 Å². The third-order valence-corrected chi connectivity index (χ3v) is 6.02. The van der Waals surface area contributed by atoms with Crippen molar-refractivity contribution in [1.29, 1.82) is 0 Å². The molecule has 1 aliphatic heterocycles. The lowest BCUT2D eigenvalue weighted by atomic mass is 9.77. The molecule has 148 valence electrons. The van der Waals surface area contributed by atoms with Gasteiger partial charge in [0.05, 0.1) is 15.7 Å². The molecule has 0 spiro atoms. The highest BCUT2D eigenvalue weighted by molar-refractivity contribution is 6.39. The van der Waals surface area contributed by atoms with Gasteiger partial charge in [0.25, 0.3) is 0 Å². The van der Waals surface area contributed by atoms with Gasteiger partial charge in [-0.15, -0.1) is 0 Å². The van der Waals surface area contributed by atoms with Crippen LogP contribution in [0.1, 0.15) is 30.5 Å². The van der Waals surface area contributed by atoms with Crippen molar-refractivity contribution in [2.24, 2.45) is 0 Å². The van der Waals surface area contributed by atoms with Crippen LogP contribution in [0.25, 0.3) is 17.3 Å². The second-order valence-corrected chi connectivity index (χ2v) is 8.69. The summed E-state index contributed by atoms with van der Waals surface area (Å²) < 4.78 is 0. The largest absolute Gasteiger partial charge is 0.340 e. The number of anilines is 2. The number of benzene rings is 2. The first-order valence-corrected chi connectivity index (χ1v) is 10.3. The number of nitrogens with zero attached hydrogens (tertiary/aromatic N) is 1. The maximum absolute atomic E-state index is 6.37. The van der Waals surface area contributed by atoms with E-state index in [0.717, 1.165) is 41.4 Å². The van der Waals surface area contributed by atoms with E-state index in [9.17, 15) is 0 Å². The predicted molar refractivity (Wildman–Crippen MR) is 124 cm³/mol. The van der Waals surface area contributed by atoms with Crippen LogP contribution < -0.4 is 10.6 Å². The molecule has 5 heteroatoms. The van der Waals surface area contributed by atoms with Gasteiger partial charge < -0.3 is 10.6 Å². The molecular formula is C24H23Cl2N3. The maximum atomic E-state index is 6.37. The van der Waals surface area contributed by atoms with E-state index in [0.29, 0.717) is 10.0 Å². The van der Waals surface area contributed by atoms with Crippen LogP contribution in [-0.2, 0) is 12.0 Å². The molecule has 2 aromatic carbocycles. The number of hydrogen-bond acceptors (Lipinski definition) is 3. The third kappa shape index (κ3) is 3.78. The molecule has 0 radical (unpaired) electrons. The lowest BCUT2D eigenvalue weighted by molar-refractivity contribution is 0.435. The SMILES string of the molecule is C=Cc1c(Nc2cccc(-c3c(Cl)cccc3Cl)n2)ccc2c1CNCC2(C)C. The minimum atomic E-state index is 0.0862. The Morgan fingerprint density at radius 1 is 1.07 bits per heavy atom. The van der Waals surface area contributed by atoms with Crippen LogP contribution in [0.5, 0.6) is 0 Å². The fourth-order valence-electron chi connectivity index (χ4n) is 3.95. The van der Waals surface area contributed by atoms with E-state index < -0.39 is 0 Å². The molecule has 0 amide bonds. The molecule has 0 aliphatic carbocycles. The van der Waals surface area contributed by atoms with Gasteiger partial charge in [-0.1, -0.05) is 67.9 Å². The molecule has 0 saturated heterocycles. The Labute approximate surface area is 181 Å². The standard InChI is InChI=1S/C24H23Cl2N3/c1-4-15-16-13-27-14-24(2,3)17(16)11-12-20(15)28-22-10-6-9-21(29-22)23-18(25)7-5-8-19(23)26/h4-12,27H,1,13-14H2,2-3H3,(H,28,29). The molecule has 2 heterocycles. The summed E-state index contributed by atoms with van der Waals surface area (Å²) in [6.07, 6.45) is 1.92. The minimum absolute atomic E-state index is 0.0862. The summed E-state index contributed by atoms with van der Waals surface area (Å²) in [4.78, 5) is 4.75. The predicted octanol–water partition coefficient (Wildman–Crippen LogP) is 6.82. The van der Waals surface area contributed by atoms with Crippen LogP contribution in [0.4, 0.5) is 11.5 Å². The van der Waals surface area contributed by atoms with Gasteiger partial charge in [-0.25, -0.2) is 4.98 Å². The fraction of sp³-hybridized carbons (Fsp3) is 0.208. The lowest BCUT2D eigenvalue weighted by Gasteiger charge is -2.34. The first-order valence-electron chi connectivity index (χ1n) is 9.59. The van der Waals surface area contributed by atoms with E-state index >= 15 is 0 Å².